The van der Waals surface area contributed by atoms with Crippen molar-refractivity contribution in [1.82, 2.24) is 39.0 Å². The first-order valence-corrected chi connectivity index (χ1v) is 15.7. The molecule has 4 aromatic heterocycles. The standard InChI is InChI=1S/C20H26N10O11P2/c21-16-14-17(24-6-23-16)30(7-25-14)13-3-10(11(40-13)5-37-42(32,33)34)41-43(35,36)38-4-9-1-2-12(39-9)29-8-26-15-18(29)27-20(22)28-19(15)31/h6-13H,1-5H2,(H,35,36)(H2,21,23,24)(H2,32,33,34)(H3,22,27,28,31)/t9-,10-,11+,12+,13+/m0/s1. The number of anilines is 2. The zero-order valence-corrected chi connectivity index (χ0v) is 23.7. The number of hydrogen-bond acceptors (Lipinski definition) is 15. The molecule has 232 valence electrons. The van der Waals surface area contributed by atoms with E-state index in [0.717, 1.165) is 0 Å². The summed E-state index contributed by atoms with van der Waals surface area (Å²) in [5.41, 5.74) is 11.9. The second-order valence-corrected chi connectivity index (χ2v) is 12.4. The molecule has 6 atom stereocenters. The zero-order valence-electron chi connectivity index (χ0n) is 21.9. The topological polar surface area (TPSA) is 300 Å². The molecule has 4 aromatic rings. The van der Waals surface area contributed by atoms with E-state index in [1.165, 1.54) is 28.1 Å². The molecule has 6 rings (SSSR count). The fraction of sp³-hybridized carbons (Fsp3) is 0.500. The average Bonchev–Trinajstić information content (AvgIpc) is 3.71. The molecule has 2 fully saturated rings. The number of rotatable bonds is 10. The van der Waals surface area contributed by atoms with E-state index >= 15 is 0 Å². The van der Waals surface area contributed by atoms with Crippen LogP contribution in [0.1, 0.15) is 31.7 Å². The molecule has 2 saturated heterocycles. The van der Waals surface area contributed by atoms with Crippen molar-refractivity contribution in [2.24, 2.45) is 0 Å². The summed E-state index contributed by atoms with van der Waals surface area (Å²) >= 11 is 0. The number of nitrogens with two attached hydrogens (primary N) is 2. The third-order valence-corrected chi connectivity index (χ3v) is 8.32. The maximum absolute atomic E-state index is 13.0. The van der Waals surface area contributed by atoms with Crippen molar-refractivity contribution in [2.45, 2.75) is 50.0 Å². The van der Waals surface area contributed by atoms with Crippen molar-refractivity contribution in [3.63, 3.8) is 0 Å². The summed E-state index contributed by atoms with van der Waals surface area (Å²) < 4.78 is 54.3. The molecule has 0 radical (unpaired) electrons. The van der Waals surface area contributed by atoms with Gasteiger partial charge in [-0.05, 0) is 12.8 Å². The second-order valence-electron chi connectivity index (χ2n) is 9.71. The minimum atomic E-state index is -4.90. The minimum Gasteiger partial charge on any atom is -0.382 e. The van der Waals surface area contributed by atoms with E-state index in [4.69, 9.17) is 30.0 Å². The number of nitrogen functional groups attached to an aromatic ring is 2. The van der Waals surface area contributed by atoms with E-state index in [2.05, 4.69) is 34.4 Å². The Morgan fingerprint density at radius 3 is 2.47 bits per heavy atom. The van der Waals surface area contributed by atoms with E-state index < -0.39 is 58.6 Å². The normalized spacial score (nSPS) is 26.0. The zero-order chi connectivity index (χ0) is 30.5. The molecule has 0 saturated carbocycles. The lowest BCUT2D eigenvalue weighted by atomic mass is 10.2. The first kappa shape index (κ1) is 29.7. The van der Waals surface area contributed by atoms with Gasteiger partial charge in [-0.3, -0.25) is 32.5 Å². The van der Waals surface area contributed by atoms with Crippen molar-refractivity contribution in [3.8, 4) is 0 Å². The van der Waals surface area contributed by atoms with Gasteiger partial charge in [-0.2, -0.15) is 4.98 Å². The summed E-state index contributed by atoms with van der Waals surface area (Å²) in [4.78, 5) is 63.6. The molecule has 0 amide bonds. The number of ether oxygens (including phenoxy) is 2. The average molecular weight is 644 g/mol. The maximum atomic E-state index is 13.0. The molecule has 0 bridgehead atoms. The van der Waals surface area contributed by atoms with Crippen LogP contribution in [0.25, 0.3) is 22.3 Å². The number of nitrogens with zero attached hydrogens (tertiary/aromatic N) is 7. The molecule has 0 spiro atoms. The number of phosphoric ester groups is 2. The van der Waals surface area contributed by atoms with Crippen molar-refractivity contribution in [3.05, 3.63) is 29.3 Å². The van der Waals surface area contributed by atoms with Gasteiger partial charge in [0.15, 0.2) is 22.6 Å². The molecule has 1 unspecified atom stereocenters. The largest absolute Gasteiger partial charge is 0.472 e. The van der Waals surface area contributed by atoms with Crippen molar-refractivity contribution in [2.75, 3.05) is 24.7 Å². The fourth-order valence-electron chi connectivity index (χ4n) is 4.93. The highest BCUT2D eigenvalue weighted by Gasteiger charge is 2.43. The van der Waals surface area contributed by atoms with Gasteiger partial charge < -0.3 is 35.6 Å². The Labute approximate surface area is 240 Å². The summed E-state index contributed by atoms with van der Waals surface area (Å²) in [6.45, 7) is -1.00. The van der Waals surface area contributed by atoms with E-state index in [9.17, 15) is 28.6 Å². The maximum Gasteiger partial charge on any atom is 0.472 e. The highest BCUT2D eigenvalue weighted by atomic mass is 31.2. The van der Waals surface area contributed by atoms with Crippen molar-refractivity contribution in [1.29, 1.82) is 0 Å². The van der Waals surface area contributed by atoms with Crippen LogP contribution in [0.5, 0.6) is 0 Å². The van der Waals surface area contributed by atoms with Gasteiger partial charge in [-0.15, -0.1) is 0 Å². The number of H-pyrrole nitrogens is 1. The molecular weight excluding hydrogens is 618 g/mol. The van der Waals surface area contributed by atoms with Crippen LogP contribution in [0.3, 0.4) is 0 Å². The number of phosphoric acid groups is 2. The quantitative estimate of drug-likeness (QED) is 0.121. The fourth-order valence-corrected chi connectivity index (χ4v) is 6.25. The Bertz CT molecular complexity index is 1810. The summed E-state index contributed by atoms with van der Waals surface area (Å²) in [6, 6.07) is 0. The second kappa shape index (κ2) is 11.3. The lowest BCUT2D eigenvalue weighted by molar-refractivity contribution is -0.0476. The van der Waals surface area contributed by atoms with Crippen LogP contribution in [-0.2, 0) is 32.2 Å². The predicted octanol–water partition coefficient (Wildman–Crippen LogP) is -0.300. The Morgan fingerprint density at radius 2 is 1.70 bits per heavy atom. The summed E-state index contributed by atoms with van der Waals surface area (Å²) in [5.74, 6) is 0.0348. The van der Waals surface area contributed by atoms with Crippen molar-refractivity contribution < 1.29 is 46.9 Å². The molecule has 2 aliphatic heterocycles. The molecule has 2 aliphatic rings. The first-order valence-electron chi connectivity index (χ1n) is 12.7. The smallest absolute Gasteiger partial charge is 0.382 e. The van der Waals surface area contributed by atoms with Crippen LogP contribution in [0.4, 0.5) is 11.8 Å². The van der Waals surface area contributed by atoms with Gasteiger partial charge in [0, 0.05) is 6.42 Å². The number of nitrogens with one attached hydrogen (secondary N) is 1. The molecular formula is C20H26N10O11P2. The third-order valence-electron chi connectivity index (χ3n) is 6.82. The van der Waals surface area contributed by atoms with Crippen LogP contribution in [-0.4, -0.2) is 85.2 Å². The molecule has 8 N–H and O–H groups in total. The van der Waals surface area contributed by atoms with Gasteiger partial charge in [0.05, 0.1) is 32.0 Å². The number of fused-ring (bicyclic) bond motifs is 2. The number of aromatic amines is 1. The minimum absolute atomic E-state index is 0.0660. The van der Waals surface area contributed by atoms with Crippen molar-refractivity contribution >= 4 is 49.7 Å². The van der Waals surface area contributed by atoms with E-state index in [0.29, 0.717) is 24.0 Å². The van der Waals surface area contributed by atoms with E-state index in [-0.39, 0.29) is 36.0 Å². The monoisotopic (exact) mass is 644 g/mol. The van der Waals surface area contributed by atoms with Crippen LogP contribution >= 0.6 is 15.6 Å². The molecule has 23 heteroatoms. The van der Waals surface area contributed by atoms with Crippen LogP contribution in [0.15, 0.2) is 23.8 Å². The molecule has 6 heterocycles. The molecule has 0 aliphatic carbocycles. The summed E-state index contributed by atoms with van der Waals surface area (Å²) in [7, 11) is -9.67. The van der Waals surface area contributed by atoms with E-state index in [1.54, 1.807) is 0 Å². The summed E-state index contributed by atoms with van der Waals surface area (Å²) in [5, 5.41) is 0. The van der Waals surface area contributed by atoms with Gasteiger partial charge in [-0.1, -0.05) is 0 Å². The van der Waals surface area contributed by atoms with Crippen LogP contribution in [0.2, 0.25) is 0 Å². The number of aromatic nitrogens is 8. The Balaban J connectivity index is 1.11. The van der Waals surface area contributed by atoms with Gasteiger partial charge in [0.2, 0.25) is 5.95 Å². The molecule has 43 heavy (non-hydrogen) atoms. The lowest BCUT2D eigenvalue weighted by Gasteiger charge is -2.22. The van der Waals surface area contributed by atoms with Crippen LogP contribution < -0.4 is 17.0 Å². The predicted molar refractivity (Wildman–Crippen MR) is 143 cm³/mol. The Morgan fingerprint density at radius 1 is 0.953 bits per heavy atom. The highest BCUT2D eigenvalue weighted by molar-refractivity contribution is 7.47. The SMILES string of the molecule is Nc1nc2c(ncn2[C@H]2CC[C@@H](COP(=O)(O)O[C@H]3C[C@H](n4cnc5c(N)ncnc54)O[C@@H]3COP(=O)(O)O)O2)c(=O)[nH]1. The highest BCUT2D eigenvalue weighted by Crippen LogP contribution is 2.50. The Hall–Kier alpha value is -3.36. The number of imidazole rings is 2. The lowest BCUT2D eigenvalue weighted by Crippen LogP contribution is -2.28. The Kier molecular flexibility index (Phi) is 7.80. The van der Waals surface area contributed by atoms with Crippen LogP contribution in [0, 0.1) is 0 Å². The number of hydrogen-bond donors (Lipinski definition) is 6. The summed E-state index contributed by atoms with van der Waals surface area (Å²) in [6.07, 6.45) is 0.304. The third kappa shape index (κ3) is 6.31. The first-order chi connectivity index (χ1) is 20.4. The van der Waals surface area contributed by atoms with Gasteiger partial charge in [0.25, 0.3) is 5.56 Å². The van der Waals surface area contributed by atoms with Gasteiger partial charge in [-0.25, -0.2) is 29.1 Å². The molecule has 0 aromatic carbocycles. The van der Waals surface area contributed by atoms with Gasteiger partial charge in [0.1, 0.15) is 36.5 Å². The van der Waals surface area contributed by atoms with Gasteiger partial charge >= 0.3 is 15.6 Å². The molecule has 21 nitrogen and oxygen atoms in total. The van der Waals surface area contributed by atoms with E-state index in [1.807, 2.05) is 0 Å².